The smallest absolute Gasteiger partial charge is 0.0467 e. The van der Waals surface area contributed by atoms with Crippen LogP contribution in [0.15, 0.2) is 18.2 Å². The molecule has 0 aliphatic carbocycles. The van der Waals surface area contributed by atoms with Crippen LogP contribution in [0.4, 0.5) is 0 Å². The Labute approximate surface area is 78.0 Å². The maximum atomic E-state index is 8.64. The first-order chi connectivity index (χ1) is 5.75. The maximum absolute atomic E-state index is 8.64. The summed E-state index contributed by atoms with van der Waals surface area (Å²) in [4.78, 5) is 0. The van der Waals surface area contributed by atoms with Crippen LogP contribution in [-0.2, 0) is 6.42 Å². The lowest BCUT2D eigenvalue weighted by atomic mass is 10.1. The quantitative estimate of drug-likeness (QED) is 0.766. The van der Waals surface area contributed by atoms with Gasteiger partial charge in [0.2, 0.25) is 0 Å². The predicted molar refractivity (Wildman–Crippen MR) is 51.6 cm³/mol. The molecule has 0 amide bonds. The number of benzene rings is 1. The van der Waals surface area contributed by atoms with Crippen molar-refractivity contribution < 1.29 is 5.11 Å². The third kappa shape index (κ3) is 2.23. The number of hydrogen-bond donors (Lipinski definition) is 1. The summed E-state index contributed by atoms with van der Waals surface area (Å²) < 4.78 is 0. The van der Waals surface area contributed by atoms with Crippen molar-refractivity contribution in [2.24, 2.45) is 0 Å². The third-order valence-corrected chi connectivity index (χ3v) is 2.42. The number of rotatable bonds is 3. The molecule has 0 aliphatic heterocycles. The zero-order chi connectivity index (χ0) is 8.97. The highest BCUT2D eigenvalue weighted by Crippen LogP contribution is 2.21. The van der Waals surface area contributed by atoms with Gasteiger partial charge in [-0.1, -0.05) is 29.8 Å². The van der Waals surface area contributed by atoms with Crippen LogP contribution >= 0.6 is 11.6 Å². The van der Waals surface area contributed by atoms with E-state index in [9.17, 15) is 0 Å². The lowest BCUT2D eigenvalue weighted by molar-refractivity contribution is 0.288. The molecule has 12 heavy (non-hydrogen) atoms. The number of halogens is 1. The molecule has 0 unspecified atom stereocenters. The number of aryl methyl sites for hydroxylation is 2. The molecule has 0 atom stereocenters. The highest BCUT2D eigenvalue weighted by Gasteiger charge is 2.01. The second-order valence-corrected chi connectivity index (χ2v) is 3.25. The molecular formula is C10H13ClO. The fourth-order valence-corrected chi connectivity index (χ4v) is 1.39. The van der Waals surface area contributed by atoms with E-state index >= 15 is 0 Å². The minimum Gasteiger partial charge on any atom is -0.396 e. The summed E-state index contributed by atoms with van der Waals surface area (Å²) in [6.45, 7) is 2.22. The van der Waals surface area contributed by atoms with E-state index in [4.69, 9.17) is 16.7 Å². The summed E-state index contributed by atoms with van der Waals surface area (Å²) in [6.07, 6.45) is 1.64. The summed E-state index contributed by atoms with van der Waals surface area (Å²) in [5.74, 6) is 0. The maximum Gasteiger partial charge on any atom is 0.0467 e. The standard InChI is InChI=1S/C10H13ClO/c1-8-4-2-5-9(10(8)11)6-3-7-12/h2,4-5,12H,3,6-7H2,1H3. The average molecular weight is 185 g/mol. The number of hydrogen-bond acceptors (Lipinski definition) is 1. The summed E-state index contributed by atoms with van der Waals surface area (Å²) in [5, 5.41) is 9.48. The van der Waals surface area contributed by atoms with Gasteiger partial charge in [-0.05, 0) is 30.9 Å². The fraction of sp³-hybridized carbons (Fsp3) is 0.400. The first-order valence-corrected chi connectivity index (χ1v) is 4.48. The van der Waals surface area contributed by atoms with Crippen molar-refractivity contribution in [3.63, 3.8) is 0 Å². The van der Waals surface area contributed by atoms with E-state index in [-0.39, 0.29) is 6.61 Å². The van der Waals surface area contributed by atoms with E-state index < -0.39 is 0 Å². The van der Waals surface area contributed by atoms with E-state index in [1.54, 1.807) is 0 Å². The predicted octanol–water partition coefficient (Wildman–Crippen LogP) is 2.57. The zero-order valence-electron chi connectivity index (χ0n) is 7.18. The van der Waals surface area contributed by atoms with Gasteiger partial charge in [0.25, 0.3) is 0 Å². The van der Waals surface area contributed by atoms with Crippen molar-refractivity contribution in [2.45, 2.75) is 19.8 Å². The van der Waals surface area contributed by atoms with Crippen LogP contribution in [0.25, 0.3) is 0 Å². The van der Waals surface area contributed by atoms with E-state index in [2.05, 4.69) is 0 Å². The van der Waals surface area contributed by atoms with Crippen molar-refractivity contribution >= 4 is 11.6 Å². The summed E-state index contributed by atoms with van der Waals surface area (Å²) >= 11 is 6.05. The lowest BCUT2D eigenvalue weighted by Gasteiger charge is -2.04. The highest BCUT2D eigenvalue weighted by atomic mass is 35.5. The molecule has 2 heteroatoms. The Kier molecular flexibility index (Phi) is 3.57. The second kappa shape index (κ2) is 4.48. The topological polar surface area (TPSA) is 20.2 Å². The monoisotopic (exact) mass is 184 g/mol. The van der Waals surface area contributed by atoms with Crippen LogP contribution < -0.4 is 0 Å². The van der Waals surface area contributed by atoms with Crippen LogP contribution in [0.2, 0.25) is 5.02 Å². The molecule has 1 aromatic rings. The summed E-state index contributed by atoms with van der Waals surface area (Å²) in [7, 11) is 0. The molecule has 0 fully saturated rings. The molecule has 66 valence electrons. The lowest BCUT2D eigenvalue weighted by Crippen LogP contribution is -1.91. The van der Waals surface area contributed by atoms with E-state index in [1.807, 2.05) is 25.1 Å². The molecule has 0 spiro atoms. The number of aliphatic hydroxyl groups is 1. The van der Waals surface area contributed by atoms with Gasteiger partial charge in [-0.15, -0.1) is 0 Å². The molecule has 0 aromatic heterocycles. The largest absolute Gasteiger partial charge is 0.396 e. The van der Waals surface area contributed by atoms with Gasteiger partial charge in [0.05, 0.1) is 0 Å². The fourth-order valence-electron chi connectivity index (χ4n) is 1.17. The van der Waals surface area contributed by atoms with Gasteiger partial charge in [0.1, 0.15) is 0 Å². The summed E-state index contributed by atoms with van der Waals surface area (Å²) in [6, 6.07) is 5.99. The Morgan fingerprint density at radius 3 is 2.83 bits per heavy atom. The van der Waals surface area contributed by atoms with Gasteiger partial charge in [-0.3, -0.25) is 0 Å². The second-order valence-electron chi connectivity index (χ2n) is 2.88. The zero-order valence-corrected chi connectivity index (χ0v) is 7.93. The minimum atomic E-state index is 0.226. The average Bonchev–Trinajstić information content (AvgIpc) is 2.08. The molecule has 1 aromatic carbocycles. The van der Waals surface area contributed by atoms with Crippen LogP contribution in [0.1, 0.15) is 17.5 Å². The van der Waals surface area contributed by atoms with Gasteiger partial charge in [0, 0.05) is 11.6 Å². The van der Waals surface area contributed by atoms with Crippen molar-refractivity contribution in [3.05, 3.63) is 34.3 Å². The molecule has 1 nitrogen and oxygen atoms in total. The van der Waals surface area contributed by atoms with Crippen molar-refractivity contribution in [2.75, 3.05) is 6.61 Å². The van der Waals surface area contributed by atoms with Gasteiger partial charge in [-0.25, -0.2) is 0 Å². The Balaban J connectivity index is 2.78. The molecule has 0 radical (unpaired) electrons. The van der Waals surface area contributed by atoms with Gasteiger partial charge in [-0.2, -0.15) is 0 Å². The molecule has 1 rings (SSSR count). The van der Waals surface area contributed by atoms with E-state index in [0.29, 0.717) is 0 Å². The van der Waals surface area contributed by atoms with Gasteiger partial charge >= 0.3 is 0 Å². The number of aliphatic hydroxyl groups excluding tert-OH is 1. The third-order valence-electron chi connectivity index (χ3n) is 1.88. The molecule has 0 saturated carbocycles. The van der Waals surface area contributed by atoms with Crippen molar-refractivity contribution in [1.29, 1.82) is 0 Å². The van der Waals surface area contributed by atoms with Gasteiger partial charge < -0.3 is 5.11 Å². The minimum absolute atomic E-state index is 0.226. The Morgan fingerprint density at radius 2 is 2.17 bits per heavy atom. The van der Waals surface area contributed by atoms with Gasteiger partial charge in [0.15, 0.2) is 0 Å². The van der Waals surface area contributed by atoms with Crippen molar-refractivity contribution in [3.8, 4) is 0 Å². The van der Waals surface area contributed by atoms with Crippen molar-refractivity contribution in [1.82, 2.24) is 0 Å². The first kappa shape index (κ1) is 9.56. The van der Waals surface area contributed by atoms with Crippen LogP contribution in [0, 0.1) is 6.92 Å². The summed E-state index contributed by atoms with van der Waals surface area (Å²) in [5.41, 5.74) is 2.23. The SMILES string of the molecule is Cc1cccc(CCCO)c1Cl. The molecule has 0 aliphatic rings. The van der Waals surface area contributed by atoms with E-state index in [1.165, 1.54) is 0 Å². The van der Waals surface area contributed by atoms with Crippen LogP contribution in [0.3, 0.4) is 0 Å². The molecule has 0 saturated heterocycles. The Bertz CT molecular complexity index is 258. The Hall–Kier alpha value is -0.530. The normalized spacial score (nSPS) is 10.2. The molecule has 0 bridgehead atoms. The molecule has 1 N–H and O–H groups in total. The first-order valence-electron chi connectivity index (χ1n) is 4.10. The Morgan fingerprint density at radius 1 is 1.42 bits per heavy atom. The molecular weight excluding hydrogens is 172 g/mol. The van der Waals surface area contributed by atoms with Crippen LogP contribution in [0.5, 0.6) is 0 Å². The van der Waals surface area contributed by atoms with Crippen LogP contribution in [-0.4, -0.2) is 11.7 Å². The molecule has 0 heterocycles. The highest BCUT2D eigenvalue weighted by molar-refractivity contribution is 6.32. The van der Waals surface area contributed by atoms with E-state index in [0.717, 1.165) is 29.0 Å².